The first kappa shape index (κ1) is 11.2. The molecule has 0 unspecified atom stereocenters. The Morgan fingerprint density at radius 1 is 1.25 bits per heavy atom. The summed E-state index contributed by atoms with van der Waals surface area (Å²) < 4.78 is 0. The molecule has 1 rings (SSSR count). The predicted octanol–water partition coefficient (Wildman–Crippen LogP) is 3.26. The van der Waals surface area contributed by atoms with Gasteiger partial charge in [-0.15, -0.1) is 11.6 Å². The molecule has 0 saturated carbocycles. The van der Waals surface area contributed by atoms with E-state index in [1.165, 1.54) is 0 Å². The van der Waals surface area contributed by atoms with Crippen LogP contribution in [0.25, 0.3) is 0 Å². The minimum absolute atomic E-state index is 0.499. The first-order valence-corrected chi connectivity index (χ1v) is 4.50. The molecule has 0 aromatic heterocycles. The highest BCUT2D eigenvalue weighted by Crippen LogP contribution is 2.04. The Hall–Kier alpha value is -0.820. The maximum absolute atomic E-state index is 10.2. The summed E-state index contributed by atoms with van der Waals surface area (Å²) in [6.45, 7) is 4.00. The lowest BCUT2D eigenvalue weighted by Gasteiger charge is -1.92. The van der Waals surface area contributed by atoms with Crippen molar-refractivity contribution in [2.45, 2.75) is 19.7 Å². The fraction of sp³-hybridized carbons (Fsp3) is 0.300. The lowest BCUT2D eigenvalue weighted by molar-refractivity contribution is 0.112. The largest absolute Gasteiger partial charge is 0.298 e. The molecule has 0 saturated heterocycles. The summed E-state index contributed by atoms with van der Waals surface area (Å²) in [6.07, 6.45) is 0.817. The Morgan fingerprint density at radius 2 is 1.75 bits per heavy atom. The lowest BCUT2D eigenvalue weighted by atomic mass is 10.2. The van der Waals surface area contributed by atoms with Crippen LogP contribution in [0.5, 0.6) is 0 Å². The van der Waals surface area contributed by atoms with Crippen LogP contribution in [0, 0.1) is 0 Å². The van der Waals surface area contributed by atoms with Crippen LogP contribution in [-0.4, -0.2) is 6.29 Å². The van der Waals surface area contributed by atoms with Crippen LogP contribution in [-0.2, 0) is 5.88 Å². The van der Waals surface area contributed by atoms with Gasteiger partial charge in [0.05, 0.1) is 0 Å². The molecule has 0 N–H and O–H groups in total. The second kappa shape index (κ2) is 6.86. The molecule has 1 aromatic carbocycles. The van der Waals surface area contributed by atoms with Crippen LogP contribution in [0.4, 0.5) is 0 Å². The number of benzene rings is 1. The maximum Gasteiger partial charge on any atom is 0.150 e. The third-order valence-electron chi connectivity index (χ3n) is 1.27. The number of carbonyl (C=O) groups is 1. The molecule has 0 spiro atoms. The smallest absolute Gasteiger partial charge is 0.150 e. The molecule has 0 bridgehead atoms. The van der Waals surface area contributed by atoms with Crippen LogP contribution in [0.3, 0.4) is 0 Å². The second-order valence-corrected chi connectivity index (χ2v) is 2.26. The number of carbonyl (C=O) groups excluding carboxylic acids is 1. The zero-order chi connectivity index (χ0) is 9.40. The van der Waals surface area contributed by atoms with E-state index in [9.17, 15) is 4.79 Å². The van der Waals surface area contributed by atoms with Crippen LogP contribution >= 0.6 is 11.6 Å². The van der Waals surface area contributed by atoms with Crippen molar-refractivity contribution in [1.29, 1.82) is 0 Å². The van der Waals surface area contributed by atoms with Gasteiger partial charge >= 0.3 is 0 Å². The van der Waals surface area contributed by atoms with Gasteiger partial charge in [-0.3, -0.25) is 4.79 Å². The molecule has 12 heavy (non-hydrogen) atoms. The van der Waals surface area contributed by atoms with E-state index in [1.54, 1.807) is 12.1 Å². The van der Waals surface area contributed by atoms with Crippen molar-refractivity contribution in [2.75, 3.05) is 0 Å². The number of rotatable bonds is 2. The van der Waals surface area contributed by atoms with E-state index in [-0.39, 0.29) is 0 Å². The van der Waals surface area contributed by atoms with Crippen molar-refractivity contribution in [3.63, 3.8) is 0 Å². The first-order chi connectivity index (χ1) is 5.86. The molecule has 0 aliphatic carbocycles. The molecule has 0 aliphatic heterocycles. The van der Waals surface area contributed by atoms with Crippen molar-refractivity contribution >= 4 is 17.9 Å². The van der Waals surface area contributed by atoms with Gasteiger partial charge in [0.1, 0.15) is 6.29 Å². The molecule has 1 aromatic rings. The molecule has 1 nitrogen and oxygen atoms in total. The molecule has 0 fully saturated rings. The topological polar surface area (TPSA) is 17.1 Å². The number of alkyl halides is 1. The molecule has 0 atom stereocenters. The first-order valence-electron chi connectivity index (χ1n) is 3.97. The van der Waals surface area contributed by atoms with Crippen LogP contribution < -0.4 is 0 Å². The molecule has 0 heterocycles. The Balaban J connectivity index is 0.000000561. The predicted molar refractivity (Wildman–Crippen MR) is 52.7 cm³/mol. The summed E-state index contributed by atoms with van der Waals surface area (Å²) in [6, 6.07) is 7.20. The summed E-state index contributed by atoms with van der Waals surface area (Å²) in [5.41, 5.74) is 1.72. The third-order valence-corrected chi connectivity index (χ3v) is 1.58. The zero-order valence-electron chi connectivity index (χ0n) is 7.38. The van der Waals surface area contributed by atoms with E-state index in [4.69, 9.17) is 11.6 Å². The van der Waals surface area contributed by atoms with Crippen molar-refractivity contribution in [3.05, 3.63) is 35.4 Å². The SMILES string of the molecule is CC.O=Cc1ccc(CCl)cc1. The lowest BCUT2D eigenvalue weighted by Crippen LogP contribution is -1.80. The highest BCUT2D eigenvalue weighted by molar-refractivity contribution is 6.17. The van der Waals surface area contributed by atoms with E-state index >= 15 is 0 Å². The average Bonchev–Trinajstić information content (AvgIpc) is 2.21. The van der Waals surface area contributed by atoms with Crippen LogP contribution in [0.2, 0.25) is 0 Å². The Morgan fingerprint density at radius 3 is 2.08 bits per heavy atom. The summed E-state index contributed by atoms with van der Waals surface area (Å²) in [4.78, 5) is 10.2. The zero-order valence-corrected chi connectivity index (χ0v) is 8.14. The fourth-order valence-electron chi connectivity index (χ4n) is 0.685. The van der Waals surface area contributed by atoms with Crippen LogP contribution in [0.15, 0.2) is 24.3 Å². The maximum atomic E-state index is 10.2. The van der Waals surface area contributed by atoms with Gasteiger partial charge in [-0.25, -0.2) is 0 Å². The van der Waals surface area contributed by atoms with Gasteiger partial charge < -0.3 is 0 Å². The normalized spacial score (nSPS) is 8.25. The van der Waals surface area contributed by atoms with E-state index in [0.29, 0.717) is 11.4 Å². The van der Waals surface area contributed by atoms with Gasteiger partial charge in [0, 0.05) is 11.4 Å². The van der Waals surface area contributed by atoms with Crippen molar-refractivity contribution in [3.8, 4) is 0 Å². The van der Waals surface area contributed by atoms with Gasteiger partial charge in [0.15, 0.2) is 0 Å². The molecule has 2 heteroatoms. The van der Waals surface area contributed by atoms with Gasteiger partial charge in [0.25, 0.3) is 0 Å². The summed E-state index contributed by atoms with van der Waals surface area (Å²) in [5.74, 6) is 0.499. The fourth-order valence-corrected chi connectivity index (χ4v) is 0.863. The minimum atomic E-state index is 0.499. The summed E-state index contributed by atoms with van der Waals surface area (Å²) in [5, 5.41) is 0. The monoisotopic (exact) mass is 184 g/mol. The van der Waals surface area contributed by atoms with E-state index in [0.717, 1.165) is 11.8 Å². The van der Waals surface area contributed by atoms with Gasteiger partial charge in [-0.2, -0.15) is 0 Å². The quantitative estimate of drug-likeness (QED) is 0.510. The standard InChI is InChI=1S/C8H7ClO.C2H6/c9-5-7-1-3-8(6-10)4-2-7;1-2/h1-4,6H,5H2;1-2H3. The highest BCUT2D eigenvalue weighted by Gasteiger charge is 1.89. The molecule has 0 radical (unpaired) electrons. The van der Waals surface area contributed by atoms with E-state index in [2.05, 4.69) is 0 Å². The Kier molecular flexibility index (Phi) is 6.39. The van der Waals surface area contributed by atoms with E-state index < -0.39 is 0 Å². The Bertz CT molecular complexity index is 216. The van der Waals surface area contributed by atoms with Crippen LogP contribution in [0.1, 0.15) is 29.8 Å². The number of halogens is 1. The highest BCUT2D eigenvalue weighted by atomic mass is 35.5. The second-order valence-electron chi connectivity index (χ2n) is 1.99. The van der Waals surface area contributed by atoms with Gasteiger partial charge in [-0.1, -0.05) is 38.1 Å². The summed E-state index contributed by atoms with van der Waals surface area (Å²) in [7, 11) is 0. The molecule has 0 aliphatic rings. The third kappa shape index (κ3) is 3.54. The Labute approximate surface area is 78.4 Å². The molecule has 0 amide bonds. The van der Waals surface area contributed by atoms with E-state index in [1.807, 2.05) is 26.0 Å². The molecular weight excluding hydrogens is 172 g/mol. The summed E-state index contributed by atoms with van der Waals surface area (Å²) >= 11 is 5.53. The average molecular weight is 185 g/mol. The van der Waals surface area contributed by atoms with Gasteiger partial charge in [0.2, 0.25) is 0 Å². The number of hydrogen-bond donors (Lipinski definition) is 0. The molecule has 66 valence electrons. The molecular formula is C10H13ClO. The van der Waals surface area contributed by atoms with Crippen molar-refractivity contribution in [2.24, 2.45) is 0 Å². The number of hydrogen-bond acceptors (Lipinski definition) is 1. The van der Waals surface area contributed by atoms with Gasteiger partial charge in [-0.05, 0) is 5.56 Å². The van der Waals surface area contributed by atoms with Crippen molar-refractivity contribution in [1.82, 2.24) is 0 Å². The van der Waals surface area contributed by atoms with Crippen molar-refractivity contribution < 1.29 is 4.79 Å². The minimum Gasteiger partial charge on any atom is -0.298 e. The number of aldehydes is 1.